The monoisotopic (exact) mass is 263 g/mol. The average Bonchev–Trinajstić information content (AvgIpc) is 2.97. The minimum absolute atomic E-state index is 0.0429. The molecular weight excluding hydrogens is 242 g/mol. The number of ether oxygens (including phenoxy) is 1. The van der Waals surface area contributed by atoms with Crippen LogP contribution < -0.4 is 11.1 Å². The highest BCUT2D eigenvalue weighted by molar-refractivity contribution is 5.80. The molecule has 1 fully saturated rings. The van der Waals surface area contributed by atoms with Crippen molar-refractivity contribution in [2.75, 3.05) is 13.2 Å². The first-order valence-electron chi connectivity index (χ1n) is 6.66. The third-order valence-electron chi connectivity index (χ3n) is 3.36. The Morgan fingerprint density at radius 1 is 1.47 bits per heavy atom. The van der Waals surface area contributed by atoms with Gasteiger partial charge in [0.1, 0.15) is 5.84 Å². The zero-order chi connectivity index (χ0) is 13.5. The highest BCUT2D eigenvalue weighted by Gasteiger charge is 2.19. The normalized spacial score (nSPS) is 21.5. The van der Waals surface area contributed by atoms with Gasteiger partial charge in [-0.15, -0.1) is 0 Å². The van der Waals surface area contributed by atoms with E-state index in [2.05, 4.69) is 10.5 Å². The predicted octanol–water partition coefficient (Wildman–Crippen LogP) is 1.63. The summed E-state index contributed by atoms with van der Waals surface area (Å²) < 4.78 is 5.60. The molecular formula is C14H21N3O2. The fourth-order valence-corrected chi connectivity index (χ4v) is 2.32. The van der Waals surface area contributed by atoms with E-state index in [4.69, 9.17) is 15.7 Å². The Morgan fingerprint density at radius 3 is 2.89 bits per heavy atom. The molecule has 0 aliphatic carbocycles. The fraction of sp³-hybridized carbons (Fsp3) is 0.500. The lowest BCUT2D eigenvalue weighted by atomic mass is 10.0. The number of benzene rings is 1. The van der Waals surface area contributed by atoms with Gasteiger partial charge in [0.2, 0.25) is 0 Å². The molecule has 1 aromatic rings. The Hall–Kier alpha value is -1.59. The smallest absolute Gasteiger partial charge is 0.141 e. The van der Waals surface area contributed by atoms with Crippen LogP contribution in [0.25, 0.3) is 0 Å². The molecule has 1 aromatic carbocycles. The SMILES string of the molecule is NC(CC(NCC1CCCO1)c1ccccc1)=NO. The van der Waals surface area contributed by atoms with E-state index in [1.54, 1.807) is 0 Å². The van der Waals surface area contributed by atoms with Crippen molar-refractivity contribution < 1.29 is 9.94 Å². The molecule has 5 nitrogen and oxygen atoms in total. The number of nitrogens with one attached hydrogen (secondary N) is 1. The highest BCUT2D eigenvalue weighted by Crippen LogP contribution is 2.18. The molecule has 2 rings (SSSR count). The number of amidine groups is 1. The number of nitrogens with zero attached hydrogens (tertiary/aromatic N) is 1. The Bertz CT molecular complexity index is 402. The Labute approximate surface area is 113 Å². The Balaban J connectivity index is 1.97. The van der Waals surface area contributed by atoms with Gasteiger partial charge in [0.15, 0.2) is 0 Å². The largest absolute Gasteiger partial charge is 0.409 e. The van der Waals surface area contributed by atoms with E-state index >= 15 is 0 Å². The molecule has 5 heteroatoms. The summed E-state index contributed by atoms with van der Waals surface area (Å²) in [5, 5.41) is 15.2. The van der Waals surface area contributed by atoms with Gasteiger partial charge in [-0.25, -0.2) is 0 Å². The van der Waals surface area contributed by atoms with Gasteiger partial charge in [-0.2, -0.15) is 0 Å². The van der Waals surface area contributed by atoms with E-state index in [0.717, 1.165) is 31.6 Å². The first-order chi connectivity index (χ1) is 9.29. The Morgan fingerprint density at radius 2 is 2.26 bits per heavy atom. The maximum Gasteiger partial charge on any atom is 0.141 e. The molecule has 1 aliphatic heterocycles. The maximum atomic E-state index is 8.72. The molecule has 104 valence electrons. The van der Waals surface area contributed by atoms with Gasteiger partial charge in [-0.1, -0.05) is 35.5 Å². The van der Waals surface area contributed by atoms with Crippen LogP contribution in [0.1, 0.15) is 30.9 Å². The quantitative estimate of drug-likeness (QED) is 0.315. The second kappa shape index (κ2) is 7.11. The van der Waals surface area contributed by atoms with E-state index in [1.807, 2.05) is 30.3 Å². The van der Waals surface area contributed by atoms with E-state index in [1.165, 1.54) is 0 Å². The summed E-state index contributed by atoms with van der Waals surface area (Å²) in [5.41, 5.74) is 6.76. The van der Waals surface area contributed by atoms with Crippen LogP contribution in [0, 0.1) is 0 Å². The molecule has 2 atom stereocenters. The van der Waals surface area contributed by atoms with Crippen molar-refractivity contribution in [1.29, 1.82) is 0 Å². The lowest BCUT2D eigenvalue weighted by molar-refractivity contribution is 0.107. The summed E-state index contributed by atoms with van der Waals surface area (Å²) in [4.78, 5) is 0. The van der Waals surface area contributed by atoms with Gasteiger partial charge in [-0.3, -0.25) is 0 Å². The molecule has 1 heterocycles. The Kier molecular flexibility index (Phi) is 5.18. The van der Waals surface area contributed by atoms with Gasteiger partial charge in [0.25, 0.3) is 0 Å². The minimum atomic E-state index is 0.0429. The number of hydrogen-bond acceptors (Lipinski definition) is 4. The van der Waals surface area contributed by atoms with E-state index in [0.29, 0.717) is 6.42 Å². The van der Waals surface area contributed by atoms with E-state index in [-0.39, 0.29) is 18.0 Å². The van der Waals surface area contributed by atoms with Crippen molar-refractivity contribution in [1.82, 2.24) is 5.32 Å². The van der Waals surface area contributed by atoms with Crippen molar-refractivity contribution in [3.05, 3.63) is 35.9 Å². The average molecular weight is 263 g/mol. The third kappa shape index (κ3) is 4.22. The molecule has 0 amide bonds. The van der Waals surface area contributed by atoms with E-state index < -0.39 is 0 Å². The van der Waals surface area contributed by atoms with Crippen LogP contribution in [-0.2, 0) is 4.74 Å². The lowest BCUT2D eigenvalue weighted by Crippen LogP contribution is -2.32. The van der Waals surface area contributed by atoms with Gasteiger partial charge >= 0.3 is 0 Å². The second-order valence-corrected chi connectivity index (χ2v) is 4.80. The zero-order valence-corrected chi connectivity index (χ0v) is 11.0. The van der Waals surface area contributed by atoms with Crippen LogP contribution in [0.5, 0.6) is 0 Å². The lowest BCUT2D eigenvalue weighted by Gasteiger charge is -2.20. The molecule has 2 unspecified atom stereocenters. The van der Waals surface area contributed by atoms with Crippen LogP contribution in [0.2, 0.25) is 0 Å². The van der Waals surface area contributed by atoms with Gasteiger partial charge in [-0.05, 0) is 18.4 Å². The van der Waals surface area contributed by atoms with Crippen LogP contribution in [0.15, 0.2) is 35.5 Å². The van der Waals surface area contributed by atoms with Crippen LogP contribution >= 0.6 is 0 Å². The molecule has 0 radical (unpaired) electrons. The van der Waals surface area contributed by atoms with Crippen molar-refractivity contribution in [3.63, 3.8) is 0 Å². The fourth-order valence-electron chi connectivity index (χ4n) is 2.32. The summed E-state index contributed by atoms with van der Waals surface area (Å²) in [5.74, 6) is 0.230. The molecule has 0 spiro atoms. The summed E-state index contributed by atoms with van der Waals surface area (Å²) >= 11 is 0. The second-order valence-electron chi connectivity index (χ2n) is 4.80. The highest BCUT2D eigenvalue weighted by atomic mass is 16.5. The summed E-state index contributed by atoms with van der Waals surface area (Å²) in [6.45, 7) is 1.64. The third-order valence-corrected chi connectivity index (χ3v) is 3.36. The molecule has 0 aromatic heterocycles. The van der Waals surface area contributed by atoms with Gasteiger partial charge in [0, 0.05) is 25.6 Å². The number of rotatable bonds is 6. The summed E-state index contributed by atoms with van der Waals surface area (Å²) in [6.07, 6.45) is 2.98. The van der Waals surface area contributed by atoms with Crippen molar-refractivity contribution in [2.24, 2.45) is 10.9 Å². The van der Waals surface area contributed by atoms with Gasteiger partial charge < -0.3 is 21.0 Å². The van der Waals surface area contributed by atoms with Crippen molar-refractivity contribution in [2.45, 2.75) is 31.4 Å². The first kappa shape index (κ1) is 13.8. The zero-order valence-electron chi connectivity index (χ0n) is 11.0. The number of hydrogen-bond donors (Lipinski definition) is 3. The standard InChI is InChI=1S/C14H21N3O2/c15-14(17-18)9-13(11-5-2-1-3-6-11)16-10-12-7-4-8-19-12/h1-3,5-6,12-13,16,18H,4,7-10H2,(H2,15,17). The molecule has 1 aliphatic rings. The van der Waals surface area contributed by atoms with Crippen LogP contribution in [0.3, 0.4) is 0 Å². The predicted molar refractivity (Wildman–Crippen MR) is 74.2 cm³/mol. The summed E-state index contributed by atoms with van der Waals surface area (Å²) in [7, 11) is 0. The first-order valence-corrected chi connectivity index (χ1v) is 6.66. The molecule has 19 heavy (non-hydrogen) atoms. The molecule has 0 saturated carbocycles. The summed E-state index contributed by atoms with van der Waals surface area (Å²) in [6, 6.07) is 10.1. The van der Waals surface area contributed by atoms with Crippen LogP contribution in [-0.4, -0.2) is 30.3 Å². The molecule has 4 N–H and O–H groups in total. The van der Waals surface area contributed by atoms with E-state index in [9.17, 15) is 0 Å². The molecule has 1 saturated heterocycles. The number of oxime groups is 1. The number of nitrogens with two attached hydrogens (primary N) is 1. The van der Waals surface area contributed by atoms with Crippen molar-refractivity contribution >= 4 is 5.84 Å². The minimum Gasteiger partial charge on any atom is -0.409 e. The van der Waals surface area contributed by atoms with Crippen LogP contribution in [0.4, 0.5) is 0 Å². The maximum absolute atomic E-state index is 8.72. The molecule has 0 bridgehead atoms. The van der Waals surface area contributed by atoms with Gasteiger partial charge in [0.05, 0.1) is 6.10 Å². The van der Waals surface area contributed by atoms with Crippen molar-refractivity contribution in [3.8, 4) is 0 Å². The topological polar surface area (TPSA) is 79.9 Å².